The molecule has 0 bridgehead atoms. The number of rotatable bonds is 6. The van der Waals surface area contributed by atoms with Gasteiger partial charge in [0.05, 0.1) is 7.11 Å². The van der Waals surface area contributed by atoms with Crippen LogP contribution < -0.4 is 5.32 Å². The van der Waals surface area contributed by atoms with E-state index in [1.807, 2.05) is 0 Å². The third kappa shape index (κ3) is 5.25. The number of carbonyl (C=O) groups is 1. The van der Waals surface area contributed by atoms with E-state index in [1.165, 1.54) is 45.8 Å². The lowest BCUT2D eigenvalue weighted by molar-refractivity contribution is 0.101. The van der Waals surface area contributed by atoms with Crippen LogP contribution in [0, 0.1) is 0 Å². The van der Waals surface area contributed by atoms with E-state index in [-0.39, 0.29) is 6.09 Å². The number of unbranched alkanes of at least 4 members (excludes halogenated alkanes) is 2. The monoisotopic (exact) mass is 256 g/mol. The van der Waals surface area contributed by atoms with Crippen molar-refractivity contribution in [3.63, 3.8) is 0 Å². The summed E-state index contributed by atoms with van der Waals surface area (Å²) < 4.78 is 4.52. The molecule has 0 aromatic heterocycles. The van der Waals surface area contributed by atoms with E-state index in [4.69, 9.17) is 0 Å². The van der Waals surface area contributed by atoms with Crippen LogP contribution in [0.4, 0.5) is 4.79 Å². The lowest BCUT2D eigenvalue weighted by atomic mass is 9.97. The number of nitrogens with one attached hydrogen (secondary N) is 1. The van der Waals surface area contributed by atoms with Gasteiger partial charge in [-0.25, -0.2) is 4.79 Å². The van der Waals surface area contributed by atoms with E-state index in [1.54, 1.807) is 0 Å². The van der Waals surface area contributed by atoms with Crippen LogP contribution in [-0.4, -0.2) is 43.3 Å². The summed E-state index contributed by atoms with van der Waals surface area (Å²) in [5, 5.41) is 2.71. The van der Waals surface area contributed by atoms with Crippen molar-refractivity contribution in [2.75, 3.05) is 20.2 Å². The molecule has 1 aliphatic heterocycles. The molecule has 1 fully saturated rings. The Bertz CT molecular complexity index is 236. The average molecular weight is 256 g/mol. The highest BCUT2D eigenvalue weighted by atomic mass is 16.5. The fourth-order valence-corrected chi connectivity index (χ4v) is 2.77. The molecule has 0 spiro atoms. The van der Waals surface area contributed by atoms with Crippen molar-refractivity contribution in [3.8, 4) is 0 Å². The fraction of sp³-hybridized carbons (Fsp3) is 0.929. The first-order valence-electron chi connectivity index (χ1n) is 7.22. The minimum atomic E-state index is -0.326. The van der Waals surface area contributed by atoms with E-state index in [0.717, 1.165) is 25.0 Å². The Kier molecular flexibility index (Phi) is 7.09. The molecule has 2 unspecified atom stereocenters. The molecule has 0 aromatic rings. The quantitative estimate of drug-likeness (QED) is 0.743. The molecule has 4 nitrogen and oxygen atoms in total. The first-order chi connectivity index (χ1) is 8.65. The van der Waals surface area contributed by atoms with Gasteiger partial charge in [-0.15, -0.1) is 0 Å². The van der Waals surface area contributed by atoms with Crippen LogP contribution in [0.2, 0.25) is 0 Å². The van der Waals surface area contributed by atoms with Crippen LogP contribution >= 0.6 is 0 Å². The molecule has 1 aliphatic rings. The number of carbonyl (C=O) groups excluding carboxylic acids is 1. The van der Waals surface area contributed by atoms with E-state index in [0.29, 0.717) is 0 Å². The molecule has 0 saturated carbocycles. The van der Waals surface area contributed by atoms with Gasteiger partial charge in [0.25, 0.3) is 0 Å². The zero-order valence-electron chi connectivity index (χ0n) is 12.1. The van der Waals surface area contributed by atoms with Crippen LogP contribution in [0.5, 0.6) is 0 Å². The van der Waals surface area contributed by atoms with Gasteiger partial charge in [0.1, 0.15) is 0 Å². The smallest absolute Gasteiger partial charge is 0.406 e. The van der Waals surface area contributed by atoms with E-state index < -0.39 is 0 Å². The number of piperidine rings is 1. The summed E-state index contributed by atoms with van der Waals surface area (Å²) in [4.78, 5) is 13.5. The summed E-state index contributed by atoms with van der Waals surface area (Å²) in [5.41, 5.74) is 0. The summed E-state index contributed by atoms with van der Waals surface area (Å²) in [5.74, 6) is 0. The van der Waals surface area contributed by atoms with Crippen molar-refractivity contribution in [2.24, 2.45) is 0 Å². The minimum absolute atomic E-state index is 0.326. The highest BCUT2D eigenvalue weighted by molar-refractivity contribution is 5.66. The highest BCUT2D eigenvalue weighted by Crippen LogP contribution is 2.22. The first kappa shape index (κ1) is 15.3. The van der Waals surface area contributed by atoms with E-state index in [9.17, 15) is 4.79 Å². The molecule has 1 amide bonds. The first-order valence-corrected chi connectivity index (χ1v) is 7.22. The standard InChI is InChI=1S/C14H28N2O2/c1-12-8-7-9-13(2)16(12)11-6-4-5-10-15-14(17)18-3/h12-13H,4-11H2,1-3H3,(H,15,17). The molecule has 1 rings (SSSR count). The number of nitrogens with zero attached hydrogens (tertiary/aromatic N) is 1. The Morgan fingerprint density at radius 1 is 1.22 bits per heavy atom. The zero-order valence-corrected chi connectivity index (χ0v) is 12.1. The maximum atomic E-state index is 10.8. The number of hydrogen-bond acceptors (Lipinski definition) is 3. The second kappa shape index (κ2) is 8.35. The summed E-state index contributed by atoms with van der Waals surface area (Å²) in [7, 11) is 1.40. The van der Waals surface area contributed by atoms with Gasteiger partial charge >= 0.3 is 6.09 Å². The largest absolute Gasteiger partial charge is 0.453 e. The van der Waals surface area contributed by atoms with Crippen molar-refractivity contribution in [1.29, 1.82) is 0 Å². The zero-order chi connectivity index (χ0) is 13.4. The maximum absolute atomic E-state index is 10.8. The Labute approximate surface area is 111 Å². The van der Waals surface area contributed by atoms with Gasteiger partial charge < -0.3 is 10.1 Å². The number of methoxy groups -OCH3 is 1. The molecular weight excluding hydrogens is 228 g/mol. The van der Waals surface area contributed by atoms with Crippen molar-refractivity contribution < 1.29 is 9.53 Å². The second-order valence-electron chi connectivity index (χ2n) is 5.35. The van der Waals surface area contributed by atoms with Crippen molar-refractivity contribution in [1.82, 2.24) is 10.2 Å². The molecule has 1 N–H and O–H groups in total. The van der Waals surface area contributed by atoms with Gasteiger partial charge in [0, 0.05) is 18.6 Å². The molecule has 0 aliphatic carbocycles. The van der Waals surface area contributed by atoms with Gasteiger partial charge in [-0.2, -0.15) is 0 Å². The van der Waals surface area contributed by atoms with Crippen LogP contribution in [0.3, 0.4) is 0 Å². The third-order valence-corrected chi connectivity index (χ3v) is 3.92. The van der Waals surface area contributed by atoms with Crippen molar-refractivity contribution >= 4 is 6.09 Å². The van der Waals surface area contributed by atoms with E-state index in [2.05, 4.69) is 28.8 Å². The van der Waals surface area contributed by atoms with Gasteiger partial charge in [-0.3, -0.25) is 4.90 Å². The molecule has 1 heterocycles. The summed E-state index contributed by atoms with van der Waals surface area (Å²) in [6.45, 7) is 6.60. The van der Waals surface area contributed by atoms with Gasteiger partial charge in [0.15, 0.2) is 0 Å². The van der Waals surface area contributed by atoms with Crippen LogP contribution in [-0.2, 0) is 4.74 Å². The number of alkyl carbamates (subject to hydrolysis) is 1. The molecule has 2 atom stereocenters. The summed E-state index contributed by atoms with van der Waals surface area (Å²) in [6, 6.07) is 1.48. The Hall–Kier alpha value is -0.770. The lowest BCUT2D eigenvalue weighted by Crippen LogP contribution is -2.44. The third-order valence-electron chi connectivity index (χ3n) is 3.92. The number of ether oxygens (including phenoxy) is 1. The predicted octanol–water partition coefficient (Wildman–Crippen LogP) is 2.78. The lowest BCUT2D eigenvalue weighted by Gasteiger charge is -2.39. The van der Waals surface area contributed by atoms with Crippen LogP contribution in [0.1, 0.15) is 52.4 Å². The van der Waals surface area contributed by atoms with Gasteiger partial charge in [0.2, 0.25) is 0 Å². The summed E-state index contributed by atoms with van der Waals surface area (Å²) >= 11 is 0. The Morgan fingerprint density at radius 2 is 1.89 bits per heavy atom. The van der Waals surface area contributed by atoms with Crippen LogP contribution in [0.15, 0.2) is 0 Å². The fourth-order valence-electron chi connectivity index (χ4n) is 2.77. The number of hydrogen-bond donors (Lipinski definition) is 1. The molecule has 18 heavy (non-hydrogen) atoms. The van der Waals surface area contributed by atoms with Crippen LogP contribution in [0.25, 0.3) is 0 Å². The molecule has 4 heteroatoms. The molecule has 0 radical (unpaired) electrons. The maximum Gasteiger partial charge on any atom is 0.406 e. The topological polar surface area (TPSA) is 41.6 Å². The van der Waals surface area contributed by atoms with Gasteiger partial charge in [-0.1, -0.05) is 12.8 Å². The number of likely N-dealkylation sites (tertiary alicyclic amines) is 1. The van der Waals surface area contributed by atoms with Gasteiger partial charge in [-0.05, 0) is 46.1 Å². The normalized spacial score (nSPS) is 24.8. The second-order valence-corrected chi connectivity index (χ2v) is 5.35. The van der Waals surface area contributed by atoms with E-state index >= 15 is 0 Å². The molecule has 0 aromatic carbocycles. The molecule has 1 saturated heterocycles. The molecule has 106 valence electrons. The Balaban J connectivity index is 2.04. The van der Waals surface area contributed by atoms with Crippen molar-refractivity contribution in [3.05, 3.63) is 0 Å². The minimum Gasteiger partial charge on any atom is -0.453 e. The Morgan fingerprint density at radius 3 is 2.50 bits per heavy atom. The van der Waals surface area contributed by atoms with Crippen molar-refractivity contribution in [2.45, 2.75) is 64.5 Å². The summed E-state index contributed by atoms with van der Waals surface area (Å²) in [6.07, 6.45) is 7.15. The predicted molar refractivity (Wildman–Crippen MR) is 73.7 cm³/mol. The SMILES string of the molecule is COC(=O)NCCCCCN1C(C)CCCC1C. The highest BCUT2D eigenvalue weighted by Gasteiger charge is 2.23. The number of amides is 1. The average Bonchev–Trinajstić information content (AvgIpc) is 2.36. The molecular formula is C14H28N2O2.